The van der Waals surface area contributed by atoms with Gasteiger partial charge in [0.25, 0.3) is 8.53 Å². The monoisotopic (exact) mass is 808 g/mol. The quantitative estimate of drug-likeness (QED) is 0.0282. The highest BCUT2D eigenvalue weighted by Gasteiger charge is 2.45. The lowest BCUT2D eigenvalue weighted by Gasteiger charge is -2.39. The third kappa shape index (κ3) is 9.48. The van der Waals surface area contributed by atoms with E-state index < -0.39 is 32.4 Å². The van der Waals surface area contributed by atoms with E-state index in [2.05, 4.69) is 75.7 Å². The van der Waals surface area contributed by atoms with Gasteiger partial charge in [-0.15, -0.1) is 0 Å². The second-order valence-corrected chi connectivity index (χ2v) is 16.1. The van der Waals surface area contributed by atoms with Crippen molar-refractivity contribution in [3.8, 4) is 17.6 Å². The number of fused-ring (bicyclic) bond motifs is 1. The standard InChI is InChI=1S/C43H53N8O6P/c1-29(2)51(30(3)4)58(55-24-12-23-44)57-36-25-37(39-40-41(49-48-39)42(46-27-45-40)47-28-50(5)6)56-38(36)26-54-43(31-13-10-9-11-14-31,32-15-19-34(52-7)20-16-32)33-17-21-35(53-8)22-18-33/h9-11,13-22,27-30,36-38H,12,24-26H2,1-8H3,(H,48,49)/t36-,37+,38+,58?/m0/s1. The average molecular weight is 809 g/mol. The van der Waals surface area contributed by atoms with E-state index in [1.54, 1.807) is 20.6 Å². The number of nitrogens with zero attached hydrogens (tertiary/aromatic N) is 7. The zero-order valence-electron chi connectivity index (χ0n) is 34.4. The molecule has 14 nitrogen and oxygen atoms in total. The Bertz CT molecular complexity index is 2070. The average Bonchev–Trinajstić information content (AvgIpc) is 3.85. The summed E-state index contributed by atoms with van der Waals surface area (Å²) in [5.74, 6) is 1.90. The predicted octanol–water partition coefficient (Wildman–Crippen LogP) is 8.09. The molecular formula is C43H53N8O6P. The van der Waals surface area contributed by atoms with Gasteiger partial charge in [-0.05, 0) is 68.7 Å². The van der Waals surface area contributed by atoms with Gasteiger partial charge in [0.2, 0.25) is 0 Å². The van der Waals surface area contributed by atoms with Gasteiger partial charge in [0.05, 0.1) is 58.1 Å². The Morgan fingerprint density at radius 1 is 0.914 bits per heavy atom. The van der Waals surface area contributed by atoms with Crippen LogP contribution < -0.4 is 9.47 Å². The number of nitriles is 1. The third-order valence-corrected chi connectivity index (χ3v) is 12.0. The van der Waals surface area contributed by atoms with E-state index in [1.165, 1.54) is 6.33 Å². The van der Waals surface area contributed by atoms with Crippen molar-refractivity contribution in [1.82, 2.24) is 29.7 Å². The van der Waals surface area contributed by atoms with Crippen molar-refractivity contribution in [1.29, 1.82) is 5.26 Å². The van der Waals surface area contributed by atoms with Gasteiger partial charge in [-0.3, -0.25) is 5.10 Å². The maximum atomic E-state index is 9.40. The van der Waals surface area contributed by atoms with E-state index >= 15 is 0 Å². The third-order valence-electron chi connectivity index (χ3n) is 9.80. The summed E-state index contributed by atoms with van der Waals surface area (Å²) in [5.41, 5.74) is 3.46. The zero-order valence-corrected chi connectivity index (χ0v) is 35.3. The molecule has 1 aliphatic heterocycles. The fraction of sp³-hybridized carbons (Fsp3) is 0.419. The molecule has 0 bridgehead atoms. The van der Waals surface area contributed by atoms with Crippen molar-refractivity contribution in [2.45, 2.75) is 76.5 Å². The summed E-state index contributed by atoms with van der Waals surface area (Å²) < 4.78 is 41.1. The topological polar surface area (TPSA) is 152 Å². The zero-order chi connectivity index (χ0) is 41.2. The van der Waals surface area contributed by atoms with Crippen molar-refractivity contribution < 1.29 is 28.0 Å². The number of nitrogens with one attached hydrogen (secondary N) is 1. The smallest absolute Gasteiger partial charge is 0.259 e. The number of aromatic nitrogens is 4. The highest BCUT2D eigenvalue weighted by molar-refractivity contribution is 7.44. The summed E-state index contributed by atoms with van der Waals surface area (Å²) in [4.78, 5) is 15.3. The van der Waals surface area contributed by atoms with E-state index in [-0.39, 0.29) is 31.7 Å². The SMILES string of the molecule is COc1ccc(C(OC[C@H]2O[C@@H](c3[nH]nc4c(N=CN(C)C)ncnc34)C[C@@H]2OP(OCCC#N)N(C(C)C)C(C)C)(c2ccccc2)c2ccc(OC)cc2)cc1. The molecule has 0 spiro atoms. The van der Waals surface area contributed by atoms with Gasteiger partial charge in [-0.25, -0.2) is 19.6 Å². The molecule has 15 heteroatoms. The first kappa shape index (κ1) is 42.6. The van der Waals surface area contributed by atoms with Gasteiger partial charge in [-0.1, -0.05) is 54.6 Å². The van der Waals surface area contributed by atoms with Gasteiger partial charge in [-0.2, -0.15) is 10.4 Å². The van der Waals surface area contributed by atoms with E-state index in [0.717, 1.165) is 28.2 Å². The second-order valence-electron chi connectivity index (χ2n) is 14.6. The largest absolute Gasteiger partial charge is 0.497 e. The number of aliphatic imine (C=N–C) groups is 1. The number of H-pyrrole nitrogens is 1. The van der Waals surface area contributed by atoms with Crippen LogP contribution in [0.5, 0.6) is 11.5 Å². The van der Waals surface area contributed by atoms with E-state index in [1.807, 2.05) is 85.7 Å². The minimum Gasteiger partial charge on any atom is -0.497 e. The first-order valence-electron chi connectivity index (χ1n) is 19.4. The molecule has 1 unspecified atom stereocenters. The molecule has 0 amide bonds. The molecule has 0 radical (unpaired) electrons. The molecule has 0 aliphatic carbocycles. The van der Waals surface area contributed by atoms with Crippen LogP contribution in [0, 0.1) is 11.3 Å². The number of hydrogen-bond donors (Lipinski definition) is 1. The Balaban J connectivity index is 1.44. The molecule has 1 fully saturated rings. The minimum absolute atomic E-state index is 0.103. The molecule has 6 rings (SSSR count). The number of benzene rings is 3. The highest BCUT2D eigenvalue weighted by Crippen LogP contribution is 2.51. The van der Waals surface area contributed by atoms with Crippen molar-refractivity contribution in [3.05, 3.63) is 108 Å². The van der Waals surface area contributed by atoms with Gasteiger partial charge < -0.3 is 32.9 Å². The maximum Gasteiger partial charge on any atom is 0.259 e. The minimum atomic E-state index is -1.62. The van der Waals surface area contributed by atoms with Gasteiger partial charge in [0.15, 0.2) is 11.3 Å². The van der Waals surface area contributed by atoms with E-state index in [9.17, 15) is 5.26 Å². The van der Waals surface area contributed by atoms with Gasteiger partial charge in [0.1, 0.15) is 41.2 Å². The summed E-state index contributed by atoms with van der Waals surface area (Å²) >= 11 is 0. The highest BCUT2D eigenvalue weighted by atomic mass is 31.2. The lowest BCUT2D eigenvalue weighted by molar-refractivity contribution is -0.0810. The molecule has 1 saturated heterocycles. The Labute approximate surface area is 342 Å². The normalized spacial score (nSPS) is 17.7. The summed E-state index contributed by atoms with van der Waals surface area (Å²) in [7, 11) is 5.46. The van der Waals surface area contributed by atoms with E-state index in [4.69, 9.17) is 28.0 Å². The van der Waals surface area contributed by atoms with Crippen LogP contribution in [-0.4, -0.2) is 102 Å². The van der Waals surface area contributed by atoms with Gasteiger partial charge >= 0.3 is 0 Å². The first-order chi connectivity index (χ1) is 28.1. The van der Waals surface area contributed by atoms with Crippen LogP contribution in [0.15, 0.2) is 90.2 Å². The van der Waals surface area contributed by atoms with E-state index in [0.29, 0.717) is 29.0 Å². The Morgan fingerprint density at radius 2 is 1.53 bits per heavy atom. The first-order valence-corrected chi connectivity index (χ1v) is 20.5. The molecule has 5 aromatic rings. The maximum absolute atomic E-state index is 9.40. The number of hydrogen-bond acceptors (Lipinski definition) is 12. The fourth-order valence-electron chi connectivity index (χ4n) is 7.18. The molecule has 58 heavy (non-hydrogen) atoms. The van der Waals surface area contributed by atoms with Crippen molar-refractivity contribution in [3.63, 3.8) is 0 Å². The lowest BCUT2D eigenvalue weighted by Crippen LogP contribution is -2.39. The van der Waals surface area contributed by atoms with Crippen LogP contribution in [0.2, 0.25) is 0 Å². The summed E-state index contributed by atoms with van der Waals surface area (Å²) in [6.45, 7) is 8.83. The Kier molecular flexibility index (Phi) is 14.4. The lowest BCUT2D eigenvalue weighted by atomic mass is 9.80. The predicted molar refractivity (Wildman–Crippen MR) is 224 cm³/mol. The molecule has 3 aromatic carbocycles. The van der Waals surface area contributed by atoms with Crippen LogP contribution >= 0.6 is 8.53 Å². The summed E-state index contributed by atoms with van der Waals surface area (Å²) in [6.07, 6.45) is 2.26. The molecule has 1 N–H and O–H groups in total. The second kappa shape index (κ2) is 19.6. The number of rotatable bonds is 19. The Hall–Kier alpha value is -5.00. The number of aromatic amines is 1. The molecular weight excluding hydrogens is 755 g/mol. The molecule has 2 aromatic heterocycles. The molecule has 306 valence electrons. The Morgan fingerprint density at radius 3 is 2.10 bits per heavy atom. The molecule has 0 saturated carbocycles. The fourth-order valence-corrected chi connectivity index (χ4v) is 8.94. The van der Waals surface area contributed by atoms with Crippen molar-refractivity contribution >= 4 is 31.7 Å². The van der Waals surface area contributed by atoms with Crippen molar-refractivity contribution in [2.24, 2.45) is 4.99 Å². The van der Waals surface area contributed by atoms with Crippen LogP contribution in [0.3, 0.4) is 0 Å². The van der Waals surface area contributed by atoms with Crippen LogP contribution in [0.25, 0.3) is 11.0 Å². The molecule has 3 heterocycles. The number of ether oxygens (including phenoxy) is 4. The van der Waals surface area contributed by atoms with Crippen LogP contribution in [0.4, 0.5) is 5.82 Å². The van der Waals surface area contributed by atoms with Crippen molar-refractivity contribution in [2.75, 3.05) is 41.5 Å². The van der Waals surface area contributed by atoms with Crippen LogP contribution in [0.1, 0.15) is 69.0 Å². The summed E-state index contributed by atoms with van der Waals surface area (Å²) in [5, 5.41) is 17.2. The number of methoxy groups -OCH3 is 2. The van der Waals surface area contributed by atoms with Crippen LogP contribution in [-0.2, 0) is 24.1 Å². The molecule has 1 aliphatic rings. The molecule has 4 atom stereocenters. The summed E-state index contributed by atoms with van der Waals surface area (Å²) in [6, 6.07) is 28.4. The van der Waals surface area contributed by atoms with Gasteiger partial charge in [0, 0.05) is 32.6 Å².